The molecule has 0 aliphatic carbocycles. The fourth-order valence-electron chi connectivity index (χ4n) is 15.3. The van der Waals surface area contributed by atoms with Gasteiger partial charge in [-0.3, -0.25) is 81.5 Å². The number of likely N-dealkylation sites (N-methyl/N-ethyl adjacent to an activating group) is 3. The van der Waals surface area contributed by atoms with E-state index < -0.39 is 229 Å². The summed E-state index contributed by atoms with van der Waals surface area (Å²) in [5.41, 5.74) is 32.5. The molecule has 24 N–H and O–H groups in total. The van der Waals surface area contributed by atoms with Crippen LogP contribution in [0.2, 0.25) is 0 Å². The predicted molar refractivity (Wildman–Crippen MR) is 479 cm³/mol. The first-order chi connectivity index (χ1) is 61.9. The molecule has 0 spiro atoms. The van der Waals surface area contributed by atoms with E-state index in [1.165, 1.54) is 73.5 Å². The molecule has 710 valence electrons. The third-order valence-corrected chi connectivity index (χ3v) is 24.8. The van der Waals surface area contributed by atoms with Gasteiger partial charge >= 0.3 is 11.9 Å². The lowest BCUT2D eigenvalue weighted by Crippen LogP contribution is -2.61. The zero-order chi connectivity index (χ0) is 95.8. The van der Waals surface area contributed by atoms with Crippen molar-refractivity contribution in [2.75, 3.05) is 71.9 Å². The van der Waals surface area contributed by atoms with Crippen LogP contribution in [0.25, 0.3) is 21.0 Å². The van der Waals surface area contributed by atoms with Crippen molar-refractivity contribution in [1.29, 1.82) is 0 Å². The molecule has 0 bridgehead atoms. The zero-order valence-corrected chi connectivity index (χ0v) is 75.2. The third-order valence-electron chi connectivity index (χ3n) is 22.7. The molecule has 2 saturated heterocycles. The number of likely N-dealkylation sites (tertiary alicyclic amines) is 2. The van der Waals surface area contributed by atoms with Crippen LogP contribution >= 0.6 is 23.1 Å². The Morgan fingerprint density at radius 3 is 1.77 bits per heavy atom. The molecule has 15 amide bonds. The number of carbonyl (C=O) groups is 18. The van der Waals surface area contributed by atoms with Crippen molar-refractivity contribution in [3.63, 3.8) is 0 Å². The van der Waals surface area contributed by atoms with Crippen molar-refractivity contribution < 1.29 is 107 Å². The lowest BCUT2D eigenvalue weighted by atomic mass is 9.99. The minimum absolute atomic E-state index is 0.00796. The SMILES string of the molecule is CCCC[C@@H](C(=O)N(C)[C@@H](CCCC)C(=O)N[C@@H](CCCN)C(=O)N[C@@H](CSCC(=O)N[C@@H](Cc1ccc(O)cc1)C(=O)N(C)[C@@H](C)C(=O)N[C@@H](CC(=O)O)C(=O)N1CCC[C@H]1C(=O)N[C@@H](CN)C(=O)N[C@@H](CC(=O)O)C(=O)N1C[C@H](O)C[C@H]1C=O)C(=O)NCC(N)=O)N(C)C(=O)[C@H](Cc1csc2ccccc12)NC(=O)[C@H](CCN)NC(=O)[C@@H](N)Cc1c[nH]c2ccccc12. The lowest BCUT2D eigenvalue weighted by molar-refractivity contribution is -0.149. The number of fused-ring (bicyclic) bond motifs is 2. The molecule has 5 aromatic rings. The van der Waals surface area contributed by atoms with E-state index in [1.54, 1.807) is 6.20 Å². The summed E-state index contributed by atoms with van der Waals surface area (Å²) in [6.07, 6.45) is 0.674. The van der Waals surface area contributed by atoms with Crippen molar-refractivity contribution in [3.05, 3.63) is 101 Å². The number of amides is 15. The van der Waals surface area contributed by atoms with Crippen LogP contribution in [0.3, 0.4) is 0 Å². The second kappa shape index (κ2) is 51.2. The maximum Gasteiger partial charge on any atom is 0.305 e. The fraction of sp³-hybridized carbons (Fsp3) is 0.535. The molecule has 3 aromatic carbocycles. The first-order valence-electron chi connectivity index (χ1n) is 43.1. The van der Waals surface area contributed by atoms with E-state index in [9.17, 15) is 92.3 Å². The molecule has 0 radical (unpaired) electrons. The number of nitrogens with zero attached hydrogens (tertiary/aromatic N) is 5. The summed E-state index contributed by atoms with van der Waals surface area (Å²) in [5.74, 6) is -17.8. The monoisotopic (exact) mass is 1850 g/mol. The van der Waals surface area contributed by atoms with Crippen molar-refractivity contribution >= 4 is 151 Å². The second-order valence-corrected chi connectivity index (χ2v) is 34.2. The summed E-state index contributed by atoms with van der Waals surface area (Å²) in [5, 5.41) is 66.4. The predicted octanol–water partition coefficient (Wildman–Crippen LogP) is -3.31. The maximum atomic E-state index is 15.4. The topological polar surface area (TPSA) is 659 Å². The van der Waals surface area contributed by atoms with Crippen LogP contribution in [-0.2, 0) is 106 Å². The number of nitrogens with one attached hydrogen (secondary N) is 10. The summed E-state index contributed by atoms with van der Waals surface area (Å²) in [7, 11) is 3.98. The quantitative estimate of drug-likeness (QED) is 0.0169. The van der Waals surface area contributed by atoms with E-state index in [-0.39, 0.29) is 103 Å². The van der Waals surface area contributed by atoms with E-state index in [1.807, 2.05) is 67.8 Å². The van der Waals surface area contributed by atoms with Crippen LogP contribution in [-0.4, -0.2) is 319 Å². The standard InChI is InChI=1S/C86H122N20O22S2/c1-7-9-21-66(103(5)86(128)68(22-10-8-2)104(6)83(125)61(35-50-44-130-69-24-14-12-18-55(50)69)98-78(120)59(29-31-88)95-75(117)56(90)34-49-40-92-57-19-13-11-17-54(49)57)80(122)96-58(20-15-30-87)77(119)101-65(76(118)93-41-70(91)110)45-129-46-71(111)94-60(33-48-25-27-52(108)28-26-48)82(124)102(4)47(3)74(116)97-62(37-72(112)113)84(126)105-32-16-23-67(105)81(123)100-64(39-89)79(121)99-63(38-73(114)115)85(127)106-42-53(109)36-51(106)43-107/h11-14,17-19,24-28,40,43-44,47,51,53,56,58-68,92,108-109H,7-10,15-16,20-23,29-39,41-42,45-46,87-90H2,1-6H3,(H2,91,110)(H,93,118)(H,94,111)(H,95,117)(H,96,122)(H,97,116)(H,98,120)(H,99,121)(H,100,123)(H,101,119)(H,112,113)(H,114,115)/t47-,51-,53+,56-,58-,59-,60-,61-,62-,63-,64-,65-,66-,67-,68-/m0/s1. The smallest absolute Gasteiger partial charge is 0.305 e. The Morgan fingerprint density at radius 1 is 0.585 bits per heavy atom. The van der Waals surface area contributed by atoms with Crippen molar-refractivity contribution in [3.8, 4) is 5.75 Å². The number of aliphatic carboxylic acids is 2. The van der Waals surface area contributed by atoms with E-state index in [2.05, 4.69) is 52.8 Å². The third kappa shape index (κ3) is 29.9. The number of carboxylic acids is 2. The molecule has 2 aromatic heterocycles. The van der Waals surface area contributed by atoms with Crippen LogP contribution in [0.5, 0.6) is 5.75 Å². The molecule has 2 aliphatic rings. The number of aliphatic hydroxyl groups is 1. The molecule has 0 saturated carbocycles. The summed E-state index contributed by atoms with van der Waals surface area (Å²) < 4.78 is 0.901. The number of carboxylic acid groups (broad SMARTS) is 2. The summed E-state index contributed by atoms with van der Waals surface area (Å²) in [6.45, 7) is 3.05. The molecule has 44 heteroatoms. The molecule has 4 heterocycles. The Morgan fingerprint density at radius 2 is 1.15 bits per heavy atom. The van der Waals surface area contributed by atoms with Gasteiger partial charge in [0.25, 0.3) is 0 Å². The van der Waals surface area contributed by atoms with E-state index in [0.717, 1.165) is 53.0 Å². The Kier molecular flexibility index (Phi) is 41.3. The molecule has 2 aliphatic heterocycles. The van der Waals surface area contributed by atoms with Crippen molar-refractivity contribution in [1.82, 2.24) is 77.3 Å². The number of rotatable bonds is 53. The number of nitrogens with two attached hydrogens (primary N) is 5. The number of thiophene rings is 1. The number of phenols is 1. The zero-order valence-electron chi connectivity index (χ0n) is 73.6. The Balaban J connectivity index is 1.04. The average molecular weight is 1850 g/mol. The van der Waals surface area contributed by atoms with Gasteiger partial charge in [-0.15, -0.1) is 23.1 Å². The van der Waals surface area contributed by atoms with Gasteiger partial charge in [0.15, 0.2) is 0 Å². The van der Waals surface area contributed by atoms with Crippen LogP contribution in [0.15, 0.2) is 84.4 Å². The Hall–Kier alpha value is -12.2. The maximum absolute atomic E-state index is 15.4. The highest BCUT2D eigenvalue weighted by atomic mass is 32.2. The number of aliphatic hydroxyl groups excluding tert-OH is 1. The average Bonchev–Trinajstić information content (AvgIpc) is 1.34. The Labute approximate surface area is 759 Å². The van der Waals surface area contributed by atoms with Crippen LogP contribution in [0, 0.1) is 0 Å². The second-order valence-electron chi connectivity index (χ2n) is 32.3. The highest BCUT2D eigenvalue weighted by Crippen LogP contribution is 2.29. The van der Waals surface area contributed by atoms with Gasteiger partial charge in [-0.25, -0.2) is 0 Å². The van der Waals surface area contributed by atoms with Crippen LogP contribution < -0.4 is 76.5 Å². The van der Waals surface area contributed by atoms with Gasteiger partial charge in [0.1, 0.15) is 84.5 Å². The number of aromatic hydroxyl groups is 1. The van der Waals surface area contributed by atoms with Gasteiger partial charge in [-0.05, 0) is 123 Å². The molecular weight excluding hydrogens is 1730 g/mol. The van der Waals surface area contributed by atoms with Crippen LogP contribution in [0.1, 0.15) is 127 Å². The number of unbranched alkanes of at least 4 members (excludes halogenated alkanes) is 2. The van der Waals surface area contributed by atoms with E-state index >= 15 is 14.4 Å². The molecule has 0 unspecified atom stereocenters. The summed E-state index contributed by atoms with van der Waals surface area (Å²) in [4.78, 5) is 258. The van der Waals surface area contributed by atoms with E-state index in [4.69, 9.17) is 28.7 Å². The number of hydrogen-bond acceptors (Lipinski definition) is 26. The number of aromatic amines is 1. The first kappa shape index (κ1) is 105. The van der Waals surface area contributed by atoms with E-state index in [0.29, 0.717) is 43.1 Å². The largest absolute Gasteiger partial charge is 0.508 e. The summed E-state index contributed by atoms with van der Waals surface area (Å²) in [6, 6.07) is 0.139. The van der Waals surface area contributed by atoms with Gasteiger partial charge in [0.2, 0.25) is 88.6 Å². The number of hydrogen-bond donors (Lipinski definition) is 19. The van der Waals surface area contributed by atoms with Gasteiger partial charge < -0.3 is 131 Å². The number of H-pyrrole nitrogens is 1. The lowest BCUT2D eigenvalue weighted by Gasteiger charge is -2.36. The number of para-hydroxylation sites is 1. The number of aromatic nitrogens is 1. The number of primary amides is 1. The molecule has 15 atom stereocenters. The minimum Gasteiger partial charge on any atom is -0.508 e. The summed E-state index contributed by atoms with van der Waals surface area (Å²) >= 11 is 2.18. The molecule has 130 heavy (non-hydrogen) atoms. The van der Waals surface area contributed by atoms with Crippen LogP contribution in [0.4, 0.5) is 0 Å². The van der Waals surface area contributed by atoms with Gasteiger partial charge in [0.05, 0.1) is 43.3 Å². The van der Waals surface area contributed by atoms with Gasteiger partial charge in [-0.2, -0.15) is 0 Å². The Bertz CT molecular complexity index is 4830. The molecule has 2 fully saturated rings. The van der Waals surface area contributed by atoms with Gasteiger partial charge in [-0.1, -0.05) is 88.1 Å². The van der Waals surface area contributed by atoms with Gasteiger partial charge in [0, 0.05) is 87.6 Å². The number of β-amino-alcohol motifs (C(OH)–C–C–N with tert-alkyl or cyclic N) is 1. The normalized spacial score (nSPS) is 17.0. The first-order valence-corrected chi connectivity index (χ1v) is 45.1. The number of benzene rings is 3. The molecular formula is C86H122N20O22S2. The number of aldehydes is 1. The van der Waals surface area contributed by atoms with Crippen molar-refractivity contribution in [2.24, 2.45) is 28.7 Å². The molecule has 42 nitrogen and oxygen atoms in total. The molecule has 7 rings (SSSR count). The fourth-order valence-corrected chi connectivity index (χ4v) is 17.2. The highest BCUT2D eigenvalue weighted by Gasteiger charge is 2.45. The highest BCUT2D eigenvalue weighted by molar-refractivity contribution is 8.00. The number of thioether (sulfide) groups is 1. The minimum atomic E-state index is -1.90. The number of phenolic OH excluding ortho intramolecular Hbond substituents is 1. The van der Waals surface area contributed by atoms with Crippen molar-refractivity contribution in [2.45, 2.75) is 221 Å². The number of carbonyl (C=O) groups excluding carboxylic acids is 16.